The standard InChI is InChI=1S/C25H30F2N2O/c1-3-4-5-12-30-20-9-6-17(7-10-20)16-29(2)19-8-11-24-21(15-19)22-13-18(26)14-23(27)25(22)28-24/h6-7,9-10,13-14,19,28H,3-5,8,11-12,15-16H2,1-2H3. The lowest BCUT2D eigenvalue weighted by Crippen LogP contribution is -2.35. The van der Waals surface area contributed by atoms with Crippen molar-refractivity contribution in [1.82, 2.24) is 9.88 Å². The van der Waals surface area contributed by atoms with Crippen LogP contribution >= 0.6 is 0 Å². The number of fused-ring (bicyclic) bond motifs is 3. The van der Waals surface area contributed by atoms with Crippen molar-refractivity contribution >= 4 is 10.9 Å². The highest BCUT2D eigenvalue weighted by molar-refractivity contribution is 5.85. The summed E-state index contributed by atoms with van der Waals surface area (Å²) in [6.45, 7) is 3.79. The van der Waals surface area contributed by atoms with Crippen molar-refractivity contribution < 1.29 is 13.5 Å². The number of hydrogen-bond acceptors (Lipinski definition) is 2. The summed E-state index contributed by atoms with van der Waals surface area (Å²) in [7, 11) is 2.13. The summed E-state index contributed by atoms with van der Waals surface area (Å²) < 4.78 is 33.7. The number of nitrogens with one attached hydrogen (secondary N) is 1. The molecule has 1 unspecified atom stereocenters. The van der Waals surface area contributed by atoms with Crippen LogP contribution in [0, 0.1) is 11.6 Å². The van der Waals surface area contributed by atoms with E-state index in [1.54, 1.807) is 0 Å². The highest BCUT2D eigenvalue weighted by atomic mass is 19.1. The molecule has 30 heavy (non-hydrogen) atoms. The van der Waals surface area contributed by atoms with Gasteiger partial charge in [-0.1, -0.05) is 31.9 Å². The van der Waals surface area contributed by atoms with Gasteiger partial charge in [0.25, 0.3) is 0 Å². The zero-order valence-corrected chi connectivity index (χ0v) is 17.8. The zero-order valence-electron chi connectivity index (χ0n) is 17.8. The molecule has 1 heterocycles. The first-order valence-corrected chi connectivity index (χ1v) is 11.0. The SMILES string of the molecule is CCCCCOc1ccc(CN(C)C2CCc3[nH]c4c(F)cc(F)cc4c3C2)cc1. The Bertz CT molecular complexity index is 997. The molecule has 0 saturated carbocycles. The van der Waals surface area contributed by atoms with Gasteiger partial charge in [0.05, 0.1) is 12.1 Å². The van der Waals surface area contributed by atoms with Crippen LogP contribution in [0.25, 0.3) is 10.9 Å². The number of aryl methyl sites for hydroxylation is 1. The zero-order chi connectivity index (χ0) is 21.1. The Hall–Kier alpha value is -2.40. The fourth-order valence-corrected chi connectivity index (χ4v) is 4.45. The van der Waals surface area contributed by atoms with Gasteiger partial charge in [-0.15, -0.1) is 0 Å². The Morgan fingerprint density at radius 2 is 1.93 bits per heavy atom. The predicted molar refractivity (Wildman–Crippen MR) is 117 cm³/mol. The highest BCUT2D eigenvalue weighted by Gasteiger charge is 2.26. The number of H-pyrrole nitrogens is 1. The van der Waals surface area contributed by atoms with E-state index < -0.39 is 11.6 Å². The van der Waals surface area contributed by atoms with Crippen LogP contribution in [-0.4, -0.2) is 29.6 Å². The van der Waals surface area contributed by atoms with Gasteiger partial charge in [0.2, 0.25) is 0 Å². The largest absolute Gasteiger partial charge is 0.494 e. The molecule has 1 N–H and O–H groups in total. The molecule has 1 aromatic heterocycles. The molecule has 5 heteroatoms. The fourth-order valence-electron chi connectivity index (χ4n) is 4.45. The minimum Gasteiger partial charge on any atom is -0.494 e. The lowest BCUT2D eigenvalue weighted by atomic mass is 9.90. The minimum atomic E-state index is -0.519. The third-order valence-electron chi connectivity index (χ3n) is 6.18. The first-order valence-electron chi connectivity index (χ1n) is 11.0. The van der Waals surface area contributed by atoms with Crippen LogP contribution in [0.5, 0.6) is 5.75 Å². The Morgan fingerprint density at radius 1 is 1.13 bits per heavy atom. The molecule has 3 aromatic rings. The molecule has 1 aliphatic rings. The maximum absolute atomic E-state index is 14.1. The second kappa shape index (κ2) is 9.17. The predicted octanol–water partition coefficient (Wildman–Crippen LogP) is 6.00. The molecule has 160 valence electrons. The quantitative estimate of drug-likeness (QED) is 0.459. The van der Waals surface area contributed by atoms with Gasteiger partial charge in [0, 0.05) is 29.7 Å². The molecule has 0 saturated heterocycles. The number of ether oxygens (including phenoxy) is 1. The first-order chi connectivity index (χ1) is 14.5. The third-order valence-corrected chi connectivity index (χ3v) is 6.18. The maximum atomic E-state index is 14.1. The van der Waals surface area contributed by atoms with Crippen LogP contribution in [0.15, 0.2) is 36.4 Å². The second-order valence-corrected chi connectivity index (χ2v) is 8.40. The van der Waals surface area contributed by atoms with Crippen LogP contribution in [0.4, 0.5) is 8.78 Å². The molecule has 0 amide bonds. The summed E-state index contributed by atoms with van der Waals surface area (Å²) in [4.78, 5) is 5.52. The van der Waals surface area contributed by atoms with E-state index in [1.165, 1.54) is 24.5 Å². The van der Waals surface area contributed by atoms with E-state index in [9.17, 15) is 8.78 Å². The van der Waals surface area contributed by atoms with Crippen LogP contribution < -0.4 is 4.74 Å². The summed E-state index contributed by atoms with van der Waals surface area (Å²) in [5, 5.41) is 0.685. The van der Waals surface area contributed by atoms with Crippen LogP contribution in [0.1, 0.15) is 49.4 Å². The van der Waals surface area contributed by atoms with Crippen molar-refractivity contribution in [3.63, 3.8) is 0 Å². The summed E-state index contributed by atoms with van der Waals surface area (Å²) >= 11 is 0. The number of aromatic amines is 1. The van der Waals surface area contributed by atoms with Gasteiger partial charge in [0.1, 0.15) is 17.4 Å². The molecule has 0 bridgehead atoms. The summed E-state index contributed by atoms with van der Waals surface area (Å²) in [5.74, 6) is -0.113. The maximum Gasteiger partial charge on any atom is 0.150 e. The van der Waals surface area contributed by atoms with Crippen molar-refractivity contribution in [1.29, 1.82) is 0 Å². The van der Waals surface area contributed by atoms with E-state index in [4.69, 9.17) is 4.74 Å². The number of benzene rings is 2. The summed E-state index contributed by atoms with van der Waals surface area (Å²) in [6.07, 6.45) is 6.13. The molecule has 0 spiro atoms. The van der Waals surface area contributed by atoms with Gasteiger partial charge in [-0.25, -0.2) is 8.78 Å². The van der Waals surface area contributed by atoms with Crippen molar-refractivity contribution in [2.45, 2.75) is 58.0 Å². The molecule has 0 radical (unpaired) electrons. The van der Waals surface area contributed by atoms with Gasteiger partial charge >= 0.3 is 0 Å². The van der Waals surface area contributed by atoms with E-state index in [0.717, 1.165) is 61.9 Å². The van der Waals surface area contributed by atoms with Crippen LogP contribution in [-0.2, 0) is 19.4 Å². The lowest BCUT2D eigenvalue weighted by molar-refractivity contribution is 0.214. The van der Waals surface area contributed by atoms with Gasteiger partial charge < -0.3 is 9.72 Å². The highest BCUT2D eigenvalue weighted by Crippen LogP contribution is 2.33. The molecule has 3 nitrogen and oxygen atoms in total. The van der Waals surface area contributed by atoms with Crippen LogP contribution in [0.2, 0.25) is 0 Å². The first kappa shape index (κ1) is 20.9. The normalized spacial score (nSPS) is 16.2. The number of nitrogens with zero attached hydrogens (tertiary/aromatic N) is 1. The number of unbranched alkanes of at least 4 members (excludes halogenated alkanes) is 2. The number of rotatable bonds is 8. The van der Waals surface area contributed by atoms with Crippen molar-refractivity contribution in [3.05, 3.63) is 64.9 Å². The Morgan fingerprint density at radius 3 is 2.70 bits per heavy atom. The number of likely N-dealkylation sites (N-methyl/N-ethyl adjacent to an activating group) is 1. The Balaban J connectivity index is 1.40. The van der Waals surface area contributed by atoms with Crippen LogP contribution in [0.3, 0.4) is 0 Å². The molecule has 0 fully saturated rings. The average molecular weight is 413 g/mol. The molecule has 0 aliphatic heterocycles. The smallest absolute Gasteiger partial charge is 0.150 e. The summed E-state index contributed by atoms with van der Waals surface area (Å²) in [5.41, 5.74) is 3.77. The molecule has 4 rings (SSSR count). The molecular weight excluding hydrogens is 382 g/mol. The second-order valence-electron chi connectivity index (χ2n) is 8.40. The lowest BCUT2D eigenvalue weighted by Gasteiger charge is -2.31. The van der Waals surface area contributed by atoms with E-state index >= 15 is 0 Å². The molecular formula is C25H30F2N2O. The fraction of sp³-hybridized carbons (Fsp3) is 0.440. The van der Waals surface area contributed by atoms with Crippen molar-refractivity contribution in [2.75, 3.05) is 13.7 Å². The van der Waals surface area contributed by atoms with Crippen molar-refractivity contribution in [2.24, 2.45) is 0 Å². The van der Waals surface area contributed by atoms with E-state index in [1.807, 2.05) is 12.1 Å². The number of halogens is 2. The topological polar surface area (TPSA) is 28.3 Å². The molecule has 1 atom stereocenters. The number of hydrogen-bond donors (Lipinski definition) is 1. The average Bonchev–Trinajstić information content (AvgIpc) is 3.10. The monoisotopic (exact) mass is 412 g/mol. The van der Waals surface area contributed by atoms with Crippen molar-refractivity contribution in [3.8, 4) is 5.75 Å². The van der Waals surface area contributed by atoms with E-state index in [0.29, 0.717) is 16.9 Å². The van der Waals surface area contributed by atoms with Gasteiger partial charge in [-0.2, -0.15) is 0 Å². The Kier molecular flexibility index (Phi) is 6.38. The van der Waals surface area contributed by atoms with E-state index in [-0.39, 0.29) is 0 Å². The Labute approximate surface area is 177 Å². The number of aromatic nitrogens is 1. The molecule has 1 aliphatic carbocycles. The summed E-state index contributed by atoms with van der Waals surface area (Å²) in [6, 6.07) is 11.1. The van der Waals surface area contributed by atoms with Gasteiger partial charge in [-0.05, 0) is 62.1 Å². The third kappa shape index (κ3) is 4.51. The molecule has 2 aromatic carbocycles. The van der Waals surface area contributed by atoms with Gasteiger partial charge in [0.15, 0.2) is 0 Å². The van der Waals surface area contributed by atoms with E-state index in [2.05, 4.69) is 36.0 Å². The van der Waals surface area contributed by atoms with Gasteiger partial charge in [-0.3, -0.25) is 4.90 Å². The minimum absolute atomic E-state index is 0.341.